The van der Waals surface area contributed by atoms with Gasteiger partial charge < -0.3 is 5.32 Å². The van der Waals surface area contributed by atoms with Gasteiger partial charge in [-0.05, 0) is 45.4 Å². The Morgan fingerprint density at radius 3 is 2.47 bits per heavy atom. The summed E-state index contributed by atoms with van der Waals surface area (Å²) in [5.41, 5.74) is 0. The lowest BCUT2D eigenvalue weighted by Gasteiger charge is -2.19. The fraction of sp³-hybridized carbons (Fsp3) is 0.571. The van der Waals surface area contributed by atoms with Crippen LogP contribution in [0.25, 0.3) is 0 Å². The standard InChI is InChI=1S/C14H22FNO2S/c1-4-9-16-11(2)10-12(3)19(17,18)14-8-6-5-7-13(14)15/h5-8,11-12,16H,4,9-10H2,1-3H3. The summed E-state index contributed by atoms with van der Waals surface area (Å²) in [6.07, 6.45) is 1.47. The van der Waals surface area contributed by atoms with Crippen molar-refractivity contribution in [2.45, 2.75) is 49.8 Å². The van der Waals surface area contributed by atoms with Crippen LogP contribution < -0.4 is 5.32 Å². The molecular weight excluding hydrogens is 265 g/mol. The highest BCUT2D eigenvalue weighted by molar-refractivity contribution is 7.92. The maximum Gasteiger partial charge on any atom is 0.183 e. The number of nitrogens with one attached hydrogen (secondary N) is 1. The Kier molecular flexibility index (Phi) is 5.94. The minimum Gasteiger partial charge on any atom is -0.314 e. The van der Waals surface area contributed by atoms with Crippen LogP contribution in [0.15, 0.2) is 29.2 Å². The van der Waals surface area contributed by atoms with E-state index in [-0.39, 0.29) is 10.9 Å². The molecule has 19 heavy (non-hydrogen) atoms. The fourth-order valence-corrected chi connectivity index (χ4v) is 3.57. The Labute approximate surface area is 115 Å². The maximum absolute atomic E-state index is 13.6. The molecule has 0 radical (unpaired) electrons. The fourth-order valence-electron chi connectivity index (χ4n) is 1.99. The van der Waals surface area contributed by atoms with Crippen LogP contribution in [0.4, 0.5) is 4.39 Å². The molecule has 5 heteroatoms. The van der Waals surface area contributed by atoms with E-state index in [1.54, 1.807) is 13.0 Å². The van der Waals surface area contributed by atoms with Crippen molar-refractivity contribution < 1.29 is 12.8 Å². The highest BCUT2D eigenvalue weighted by atomic mass is 32.2. The van der Waals surface area contributed by atoms with Gasteiger partial charge >= 0.3 is 0 Å². The van der Waals surface area contributed by atoms with Gasteiger partial charge in [0, 0.05) is 6.04 Å². The summed E-state index contributed by atoms with van der Waals surface area (Å²) < 4.78 is 38.2. The summed E-state index contributed by atoms with van der Waals surface area (Å²) in [5.74, 6) is -0.677. The predicted molar refractivity (Wildman–Crippen MR) is 75.4 cm³/mol. The van der Waals surface area contributed by atoms with Gasteiger partial charge in [0.05, 0.1) is 5.25 Å². The average molecular weight is 287 g/mol. The number of sulfone groups is 1. The zero-order valence-electron chi connectivity index (χ0n) is 11.7. The van der Waals surface area contributed by atoms with Crippen molar-refractivity contribution in [1.82, 2.24) is 5.32 Å². The van der Waals surface area contributed by atoms with Crippen LogP contribution in [-0.2, 0) is 9.84 Å². The monoisotopic (exact) mass is 287 g/mol. The summed E-state index contributed by atoms with van der Waals surface area (Å²) in [4.78, 5) is -0.204. The van der Waals surface area contributed by atoms with E-state index in [9.17, 15) is 12.8 Å². The molecule has 1 rings (SSSR count). The van der Waals surface area contributed by atoms with Crippen LogP contribution in [0.2, 0.25) is 0 Å². The number of halogens is 1. The molecule has 0 heterocycles. The van der Waals surface area contributed by atoms with Crippen molar-refractivity contribution in [2.24, 2.45) is 0 Å². The van der Waals surface area contributed by atoms with Gasteiger partial charge in [-0.3, -0.25) is 0 Å². The molecular formula is C14H22FNO2S. The van der Waals surface area contributed by atoms with Crippen molar-refractivity contribution in [3.63, 3.8) is 0 Å². The maximum atomic E-state index is 13.6. The van der Waals surface area contributed by atoms with E-state index < -0.39 is 20.9 Å². The minimum atomic E-state index is -3.60. The Morgan fingerprint density at radius 2 is 1.89 bits per heavy atom. The second-order valence-corrected chi connectivity index (χ2v) is 7.21. The van der Waals surface area contributed by atoms with E-state index in [4.69, 9.17) is 0 Å². The quantitative estimate of drug-likeness (QED) is 0.839. The lowest BCUT2D eigenvalue weighted by molar-refractivity contribution is 0.494. The van der Waals surface area contributed by atoms with Crippen LogP contribution in [-0.4, -0.2) is 26.3 Å². The molecule has 108 valence electrons. The van der Waals surface area contributed by atoms with Gasteiger partial charge in [-0.15, -0.1) is 0 Å². The molecule has 1 aromatic rings. The first kappa shape index (κ1) is 16.1. The number of hydrogen-bond acceptors (Lipinski definition) is 3. The Bertz CT molecular complexity index is 502. The molecule has 1 aromatic carbocycles. The van der Waals surface area contributed by atoms with Crippen LogP contribution in [0.1, 0.15) is 33.6 Å². The minimum absolute atomic E-state index is 0.0940. The molecule has 0 fully saturated rings. The van der Waals surface area contributed by atoms with Gasteiger partial charge in [0.25, 0.3) is 0 Å². The summed E-state index contributed by atoms with van der Waals surface area (Å²) in [5, 5.41) is 2.64. The van der Waals surface area contributed by atoms with Gasteiger partial charge in [-0.2, -0.15) is 0 Å². The van der Waals surface area contributed by atoms with E-state index in [1.165, 1.54) is 18.2 Å². The third kappa shape index (κ3) is 4.28. The molecule has 3 nitrogen and oxygen atoms in total. The third-order valence-corrected chi connectivity index (χ3v) is 5.30. The van der Waals surface area contributed by atoms with E-state index in [0.717, 1.165) is 13.0 Å². The lowest BCUT2D eigenvalue weighted by Crippen LogP contribution is -2.32. The zero-order chi connectivity index (χ0) is 14.5. The summed E-state index contributed by atoms with van der Waals surface area (Å²) >= 11 is 0. The molecule has 0 spiro atoms. The van der Waals surface area contributed by atoms with E-state index in [1.807, 2.05) is 6.92 Å². The van der Waals surface area contributed by atoms with Crippen LogP contribution in [0.3, 0.4) is 0 Å². The molecule has 0 aliphatic heterocycles. The first-order chi connectivity index (χ1) is 8.89. The van der Waals surface area contributed by atoms with Gasteiger partial charge in [0.15, 0.2) is 9.84 Å². The van der Waals surface area contributed by atoms with E-state index >= 15 is 0 Å². The highest BCUT2D eigenvalue weighted by Crippen LogP contribution is 2.21. The first-order valence-electron chi connectivity index (χ1n) is 6.61. The topological polar surface area (TPSA) is 46.2 Å². The molecule has 0 saturated heterocycles. The molecule has 0 saturated carbocycles. The third-order valence-electron chi connectivity index (χ3n) is 3.10. The van der Waals surface area contributed by atoms with Crippen molar-refractivity contribution in [2.75, 3.05) is 6.54 Å². The molecule has 0 amide bonds. The van der Waals surface area contributed by atoms with Gasteiger partial charge in [-0.25, -0.2) is 12.8 Å². The summed E-state index contributed by atoms with van der Waals surface area (Å²) in [6.45, 7) is 6.49. The van der Waals surface area contributed by atoms with Gasteiger partial charge in [0.2, 0.25) is 0 Å². The van der Waals surface area contributed by atoms with Gasteiger partial charge in [-0.1, -0.05) is 19.1 Å². The molecule has 1 N–H and O–H groups in total. The number of hydrogen-bond donors (Lipinski definition) is 1. The van der Waals surface area contributed by atoms with Crippen molar-refractivity contribution in [1.29, 1.82) is 0 Å². The normalized spacial score (nSPS) is 15.2. The molecule has 2 unspecified atom stereocenters. The average Bonchev–Trinajstić information content (AvgIpc) is 2.36. The molecule has 0 aromatic heterocycles. The van der Waals surface area contributed by atoms with Crippen LogP contribution in [0.5, 0.6) is 0 Å². The first-order valence-corrected chi connectivity index (χ1v) is 8.16. The molecule has 2 atom stereocenters. The number of rotatable bonds is 7. The zero-order valence-corrected chi connectivity index (χ0v) is 12.5. The Balaban J connectivity index is 2.81. The predicted octanol–water partition coefficient (Wildman–Crippen LogP) is 2.77. The van der Waals surface area contributed by atoms with Crippen molar-refractivity contribution >= 4 is 9.84 Å². The van der Waals surface area contributed by atoms with Crippen molar-refractivity contribution in [3.05, 3.63) is 30.1 Å². The van der Waals surface area contributed by atoms with Gasteiger partial charge in [0.1, 0.15) is 10.7 Å². The summed E-state index contributed by atoms with van der Waals surface area (Å²) in [6, 6.07) is 5.63. The van der Waals surface area contributed by atoms with Crippen molar-refractivity contribution in [3.8, 4) is 0 Å². The largest absolute Gasteiger partial charge is 0.314 e. The highest BCUT2D eigenvalue weighted by Gasteiger charge is 2.27. The second-order valence-electron chi connectivity index (χ2n) is 4.88. The van der Waals surface area contributed by atoms with Crippen LogP contribution >= 0.6 is 0 Å². The van der Waals surface area contributed by atoms with E-state index in [0.29, 0.717) is 6.42 Å². The second kappa shape index (κ2) is 7.01. The molecule has 0 bridgehead atoms. The molecule has 0 aliphatic carbocycles. The molecule has 0 aliphatic rings. The lowest BCUT2D eigenvalue weighted by atomic mass is 10.2. The number of benzene rings is 1. The Morgan fingerprint density at radius 1 is 1.26 bits per heavy atom. The summed E-state index contributed by atoms with van der Waals surface area (Å²) in [7, 11) is -3.60. The SMILES string of the molecule is CCCNC(C)CC(C)S(=O)(=O)c1ccccc1F. The smallest absolute Gasteiger partial charge is 0.183 e. The van der Waals surface area contributed by atoms with E-state index in [2.05, 4.69) is 12.2 Å². The Hall–Kier alpha value is -0.940. The van der Waals surface area contributed by atoms with Crippen LogP contribution in [0, 0.1) is 5.82 Å².